The molecular formula is C65H89N9O25. The number of aromatic hydroxyl groups is 2. The van der Waals surface area contributed by atoms with Gasteiger partial charge in [0.05, 0.1) is 61.4 Å². The van der Waals surface area contributed by atoms with E-state index < -0.39 is 242 Å². The number of phenols is 2. The number of carboxylic acid groups (broad SMARTS) is 1. The fourth-order valence-corrected chi connectivity index (χ4v) is 13.3. The van der Waals surface area contributed by atoms with Crippen molar-refractivity contribution in [3.05, 3.63) is 51.6 Å². The molecule has 2 aromatic carbocycles. The first kappa shape index (κ1) is 77.6. The number of fused-ring (bicyclic) bond motifs is 3. The summed E-state index contributed by atoms with van der Waals surface area (Å²) in [6.07, 6.45) is -8.11. The lowest BCUT2D eigenvalue weighted by Crippen LogP contribution is -2.62. The van der Waals surface area contributed by atoms with Crippen LogP contribution in [-0.2, 0) is 68.6 Å². The Labute approximate surface area is 567 Å². The number of nitrogens with one attached hydrogen (secondary N) is 7. The van der Waals surface area contributed by atoms with E-state index >= 15 is 0 Å². The molecule has 2 aliphatic heterocycles. The van der Waals surface area contributed by atoms with Gasteiger partial charge < -0.3 is 108 Å². The second-order valence-electron chi connectivity index (χ2n) is 26.1. The maximum Gasteiger partial charge on any atom is 0.303 e. The average Bonchev–Trinajstić information content (AvgIpc) is 1.12. The zero-order valence-corrected chi connectivity index (χ0v) is 55.4. The van der Waals surface area contributed by atoms with Crippen molar-refractivity contribution in [1.82, 2.24) is 42.1 Å². The number of aliphatic hydroxyl groups excluding tert-OH is 5. The molecule has 2 unspecified atom stereocenters. The number of aliphatic carboxylic acids is 1. The number of likely N-dealkylation sites (tertiary alicyclic amines) is 1. The van der Waals surface area contributed by atoms with Crippen LogP contribution in [0.2, 0.25) is 0 Å². The number of carbonyl (C=O) groups is 13. The summed E-state index contributed by atoms with van der Waals surface area (Å²) in [5, 5.41) is 115. The standard InChI is InChI=1S/C65H89N9O25/c1-28(2)21-36(60(91)69-35-22-46(98-30(4)53(35)84)99-41-24-65(96,42(79)27-77)23-33-48(41)57(88)50-49(55(33)86)54(85)32-13-9-14-40(97-5)47(32)56(50)87)70-61(92)37(25-75)72-59(90)34(17-18-43(66)80)68-63(94)51(31-11-7-6-8-12-31)73-62(93)38(26-76)71-58(89)29(3)67-64(95)52-39(78)19-20-74(52)44(81)15-10-16-45(82)83/h9,13-14,28-31,34-39,41,46,51-53,75-78,84,86,88,96H,6-8,10-12,15-27H2,1-5H3,(H2,66,80)(H,67,95)(H,68,94)(H,69,91)(H,70,92)(H,71,89)(H,72,90)(H,73,93)(H,82,83)/t29-,30-,34-,35?,36-,37-,38-,39-,41-,46-,51?,52-,53+,65-/m0/s1. The Kier molecular flexibility index (Phi) is 26.5. The molecule has 0 spiro atoms. The fourth-order valence-electron chi connectivity index (χ4n) is 13.3. The molecule has 544 valence electrons. The zero-order chi connectivity index (χ0) is 73.1. The lowest BCUT2D eigenvalue weighted by molar-refractivity contribution is -0.249. The molecule has 3 fully saturated rings. The van der Waals surface area contributed by atoms with E-state index in [0.29, 0.717) is 25.7 Å². The number of benzene rings is 2. The summed E-state index contributed by atoms with van der Waals surface area (Å²) < 4.78 is 17.7. The average molecular weight is 1400 g/mol. The Morgan fingerprint density at radius 1 is 0.737 bits per heavy atom. The summed E-state index contributed by atoms with van der Waals surface area (Å²) >= 11 is 0. The molecule has 2 aromatic rings. The number of amides is 9. The van der Waals surface area contributed by atoms with E-state index in [0.717, 1.165) is 11.3 Å². The van der Waals surface area contributed by atoms with Gasteiger partial charge in [0, 0.05) is 61.8 Å². The van der Waals surface area contributed by atoms with Gasteiger partial charge in [-0.1, -0.05) is 45.2 Å². The summed E-state index contributed by atoms with van der Waals surface area (Å²) in [5.74, 6) is -15.6. The number of Topliss-reactive ketones (excluding diaryl/α,β-unsaturated/α-hetero) is 1. The van der Waals surface area contributed by atoms with Gasteiger partial charge in [0.2, 0.25) is 58.9 Å². The van der Waals surface area contributed by atoms with Gasteiger partial charge in [0.25, 0.3) is 0 Å². The molecule has 34 heteroatoms. The van der Waals surface area contributed by atoms with E-state index in [-0.39, 0.29) is 72.6 Å². The number of methoxy groups -OCH3 is 1. The molecule has 2 saturated heterocycles. The molecule has 34 nitrogen and oxygen atoms in total. The van der Waals surface area contributed by atoms with Crippen LogP contribution in [0.4, 0.5) is 0 Å². The van der Waals surface area contributed by atoms with Crippen LogP contribution in [0.3, 0.4) is 0 Å². The van der Waals surface area contributed by atoms with Crippen LogP contribution in [-0.4, -0.2) is 239 Å². The lowest BCUT2D eigenvalue weighted by Gasteiger charge is -2.43. The number of ether oxygens (including phenoxy) is 3. The van der Waals surface area contributed by atoms with Gasteiger partial charge in [0.1, 0.15) is 77.9 Å². The van der Waals surface area contributed by atoms with E-state index in [1.165, 1.54) is 39.2 Å². The van der Waals surface area contributed by atoms with Crippen molar-refractivity contribution in [2.45, 2.75) is 209 Å². The molecule has 0 bridgehead atoms. The van der Waals surface area contributed by atoms with Crippen molar-refractivity contribution < 1.29 is 122 Å². The topological polar surface area (TPSA) is 545 Å². The van der Waals surface area contributed by atoms with Gasteiger partial charge >= 0.3 is 5.97 Å². The minimum Gasteiger partial charge on any atom is -0.507 e. The molecule has 3 aliphatic carbocycles. The summed E-state index contributed by atoms with van der Waals surface area (Å²) in [6.45, 7) is 2.63. The Hall–Kier alpha value is -8.77. The number of hydrogen-bond donors (Lipinski definition) is 17. The summed E-state index contributed by atoms with van der Waals surface area (Å²) in [4.78, 5) is 177. The molecule has 2 heterocycles. The minimum atomic E-state index is -2.51. The molecular weight excluding hydrogens is 1310 g/mol. The number of hydrogen-bond acceptors (Lipinski definition) is 24. The number of phenolic OH excluding ortho intramolecular Hbond substituents is 2. The molecule has 0 aromatic heterocycles. The third kappa shape index (κ3) is 18.2. The Morgan fingerprint density at radius 3 is 1.97 bits per heavy atom. The van der Waals surface area contributed by atoms with Gasteiger partial charge in [-0.25, -0.2) is 0 Å². The molecule has 5 aliphatic rings. The van der Waals surface area contributed by atoms with Crippen LogP contribution >= 0.6 is 0 Å². The Balaban J connectivity index is 1.03. The number of ketones is 3. The van der Waals surface area contributed by atoms with Crippen molar-refractivity contribution in [2.24, 2.45) is 17.6 Å². The van der Waals surface area contributed by atoms with Gasteiger partial charge in [-0.3, -0.25) is 62.3 Å². The number of rotatable bonds is 31. The first-order valence-corrected chi connectivity index (χ1v) is 32.8. The highest BCUT2D eigenvalue weighted by Gasteiger charge is 2.51. The number of nitrogens with two attached hydrogens (primary N) is 1. The van der Waals surface area contributed by atoms with Crippen molar-refractivity contribution in [2.75, 3.05) is 33.5 Å². The van der Waals surface area contributed by atoms with Crippen molar-refractivity contribution in [3.8, 4) is 17.2 Å². The first-order valence-electron chi connectivity index (χ1n) is 32.8. The normalized spacial score (nSPS) is 23.8. The third-order valence-electron chi connectivity index (χ3n) is 18.6. The maximum atomic E-state index is 14.4. The summed E-state index contributed by atoms with van der Waals surface area (Å²) in [7, 11) is 1.25. The second kappa shape index (κ2) is 33.9. The minimum absolute atomic E-state index is 0.00888. The van der Waals surface area contributed by atoms with Crippen LogP contribution in [0.5, 0.6) is 17.2 Å². The van der Waals surface area contributed by atoms with Crippen LogP contribution in [0.25, 0.3) is 0 Å². The third-order valence-corrected chi connectivity index (χ3v) is 18.6. The number of aliphatic hydroxyl groups is 6. The van der Waals surface area contributed by atoms with Crippen LogP contribution in [0.1, 0.15) is 167 Å². The highest BCUT2D eigenvalue weighted by atomic mass is 16.7. The monoisotopic (exact) mass is 1400 g/mol. The number of carbonyl (C=O) groups excluding carboxylic acids is 12. The Morgan fingerprint density at radius 2 is 1.35 bits per heavy atom. The fraction of sp³-hybridized carbons (Fsp3) is 0.615. The van der Waals surface area contributed by atoms with E-state index in [2.05, 4.69) is 37.2 Å². The van der Waals surface area contributed by atoms with E-state index in [1.54, 1.807) is 13.8 Å². The molecule has 14 atom stereocenters. The molecule has 99 heavy (non-hydrogen) atoms. The molecule has 1 saturated carbocycles. The maximum absolute atomic E-state index is 14.4. The van der Waals surface area contributed by atoms with Gasteiger partial charge in [0.15, 0.2) is 17.9 Å². The lowest BCUT2D eigenvalue weighted by atomic mass is 9.72. The second-order valence-corrected chi connectivity index (χ2v) is 26.1. The quantitative estimate of drug-likeness (QED) is 0.0275. The van der Waals surface area contributed by atoms with E-state index in [1.807, 2.05) is 0 Å². The van der Waals surface area contributed by atoms with Crippen LogP contribution < -0.4 is 47.7 Å². The molecule has 9 amide bonds. The van der Waals surface area contributed by atoms with Gasteiger partial charge in [-0.15, -0.1) is 0 Å². The highest BCUT2D eigenvalue weighted by molar-refractivity contribution is 6.31. The SMILES string of the molecule is COc1cccc2c1C(=O)c1c(O)c3c(c(O)c1C2=O)C[C@@](O)(C(=O)CO)C[C@@H]3O[C@H]1CC(NC(=O)[C@H](CC(C)C)NC(=O)[C@H](CO)NC(=O)[C@H](CCC(N)=O)NC(=O)C(NC(=O)[C@H](CO)NC(=O)[C@H](C)NC(=O)[C@@H]2[C@@H](O)CCN2C(=O)CCCC(=O)O)C2CCCCC2)[C@H](O)[C@H](C)O1. The highest BCUT2D eigenvalue weighted by Crippen LogP contribution is 2.53. The predicted molar refractivity (Wildman–Crippen MR) is 339 cm³/mol. The zero-order valence-electron chi connectivity index (χ0n) is 55.4. The molecule has 0 radical (unpaired) electrons. The summed E-state index contributed by atoms with van der Waals surface area (Å²) in [5.41, 5.74) is 0.555. The largest absolute Gasteiger partial charge is 0.507 e. The van der Waals surface area contributed by atoms with Crippen molar-refractivity contribution >= 4 is 76.5 Å². The van der Waals surface area contributed by atoms with Crippen molar-refractivity contribution in [1.29, 1.82) is 0 Å². The molecule has 7 rings (SSSR count). The van der Waals surface area contributed by atoms with E-state index in [9.17, 15) is 103 Å². The van der Waals surface area contributed by atoms with Gasteiger partial charge in [-0.05, 0) is 70.3 Å². The first-order chi connectivity index (χ1) is 46.8. The number of primary amides is 1. The number of nitrogens with zero attached hydrogens (tertiary/aromatic N) is 1. The van der Waals surface area contributed by atoms with E-state index in [4.69, 9.17) is 25.1 Å². The van der Waals surface area contributed by atoms with Gasteiger partial charge in [-0.2, -0.15) is 0 Å². The molecule has 18 N–H and O–H groups in total. The number of carboxylic acids is 1. The Bertz CT molecular complexity index is 3430. The summed E-state index contributed by atoms with van der Waals surface area (Å²) in [6, 6.07) is -8.32. The van der Waals surface area contributed by atoms with Crippen molar-refractivity contribution in [3.63, 3.8) is 0 Å². The van der Waals surface area contributed by atoms with Crippen LogP contribution in [0.15, 0.2) is 18.2 Å². The van der Waals surface area contributed by atoms with Crippen LogP contribution in [0, 0.1) is 11.8 Å². The smallest absolute Gasteiger partial charge is 0.303 e. The predicted octanol–water partition coefficient (Wildman–Crippen LogP) is -3.82.